The number of nitrogens with two attached hydrogens (primary N) is 1. The van der Waals surface area contributed by atoms with Crippen LogP contribution in [0.5, 0.6) is 5.75 Å². The van der Waals surface area contributed by atoms with E-state index in [1.165, 1.54) is 13.0 Å². The molecule has 0 amide bonds. The number of anilines is 1. The van der Waals surface area contributed by atoms with Crippen LogP contribution in [-0.2, 0) is 4.79 Å². The van der Waals surface area contributed by atoms with Crippen LogP contribution < -0.4 is 10.5 Å². The van der Waals surface area contributed by atoms with Crippen molar-refractivity contribution in [3.05, 3.63) is 23.2 Å². The van der Waals surface area contributed by atoms with Crippen LogP contribution in [0.2, 0.25) is 5.02 Å². The predicted octanol–water partition coefficient (Wildman–Crippen LogP) is 1.77. The number of carbonyl (C=O) groups is 1. The van der Waals surface area contributed by atoms with E-state index in [4.69, 9.17) is 27.2 Å². The number of hydrogen-bond acceptors (Lipinski definition) is 3. The number of hydrogen-bond donors (Lipinski definition) is 2. The van der Waals surface area contributed by atoms with E-state index in [1.807, 2.05) is 0 Å². The number of halogens is 1. The molecule has 1 aromatic carbocycles. The zero-order valence-corrected chi connectivity index (χ0v) is 8.28. The SMILES string of the molecule is C[C@@H](Oc1cc(N)ccc1Cl)C(=O)O. The third-order valence-electron chi connectivity index (χ3n) is 1.61. The Balaban J connectivity index is 2.85. The number of benzene rings is 1. The molecule has 0 saturated carbocycles. The maximum Gasteiger partial charge on any atom is 0.344 e. The molecule has 0 aromatic heterocycles. The van der Waals surface area contributed by atoms with Crippen LogP contribution >= 0.6 is 11.6 Å². The lowest BCUT2D eigenvalue weighted by Crippen LogP contribution is -2.23. The minimum atomic E-state index is -1.05. The van der Waals surface area contributed by atoms with E-state index in [2.05, 4.69) is 0 Å². The molecule has 0 unspecified atom stereocenters. The summed E-state index contributed by atoms with van der Waals surface area (Å²) in [4.78, 5) is 10.5. The average Bonchev–Trinajstić information content (AvgIpc) is 2.11. The first-order valence-corrected chi connectivity index (χ1v) is 4.33. The summed E-state index contributed by atoms with van der Waals surface area (Å²) in [5.41, 5.74) is 5.97. The number of aliphatic carboxylic acids is 1. The van der Waals surface area contributed by atoms with Gasteiger partial charge in [0.1, 0.15) is 5.75 Å². The van der Waals surface area contributed by atoms with Crippen molar-refractivity contribution in [2.24, 2.45) is 0 Å². The fourth-order valence-electron chi connectivity index (χ4n) is 0.851. The van der Waals surface area contributed by atoms with E-state index in [1.54, 1.807) is 12.1 Å². The molecule has 0 saturated heterocycles. The molecule has 0 heterocycles. The summed E-state index contributed by atoms with van der Waals surface area (Å²) in [7, 11) is 0. The summed E-state index contributed by atoms with van der Waals surface area (Å²) in [5.74, 6) is -0.773. The lowest BCUT2D eigenvalue weighted by Gasteiger charge is -2.11. The number of carboxylic acids is 1. The molecule has 0 aliphatic rings. The molecule has 3 N–H and O–H groups in total. The molecule has 0 aliphatic heterocycles. The van der Waals surface area contributed by atoms with Crippen LogP contribution in [0.3, 0.4) is 0 Å². The van der Waals surface area contributed by atoms with Gasteiger partial charge < -0.3 is 15.6 Å². The van der Waals surface area contributed by atoms with E-state index in [0.717, 1.165) is 0 Å². The van der Waals surface area contributed by atoms with Gasteiger partial charge in [-0.2, -0.15) is 0 Å². The van der Waals surface area contributed by atoms with Crippen LogP contribution in [0.25, 0.3) is 0 Å². The average molecular weight is 216 g/mol. The van der Waals surface area contributed by atoms with Crippen molar-refractivity contribution in [3.63, 3.8) is 0 Å². The van der Waals surface area contributed by atoms with Gasteiger partial charge in [-0.25, -0.2) is 4.79 Å². The van der Waals surface area contributed by atoms with E-state index in [-0.39, 0.29) is 5.75 Å². The minimum Gasteiger partial charge on any atom is -0.479 e. The molecule has 0 radical (unpaired) electrons. The van der Waals surface area contributed by atoms with Crippen molar-refractivity contribution in [2.75, 3.05) is 5.73 Å². The van der Waals surface area contributed by atoms with Crippen LogP contribution in [0.4, 0.5) is 5.69 Å². The third kappa shape index (κ3) is 2.53. The molecular formula is C9H10ClNO3. The van der Waals surface area contributed by atoms with Gasteiger partial charge in [0.25, 0.3) is 0 Å². The monoisotopic (exact) mass is 215 g/mol. The second-order valence-corrected chi connectivity index (χ2v) is 3.20. The first-order chi connectivity index (χ1) is 6.50. The highest BCUT2D eigenvalue weighted by atomic mass is 35.5. The van der Waals surface area contributed by atoms with Crippen molar-refractivity contribution in [3.8, 4) is 5.75 Å². The Labute approximate surface area is 86.2 Å². The maximum absolute atomic E-state index is 10.5. The van der Waals surface area contributed by atoms with Gasteiger partial charge in [0, 0.05) is 11.8 Å². The van der Waals surface area contributed by atoms with Gasteiger partial charge in [-0.05, 0) is 19.1 Å². The summed E-state index contributed by atoms with van der Waals surface area (Å²) in [6.45, 7) is 1.42. The van der Waals surface area contributed by atoms with E-state index in [0.29, 0.717) is 10.7 Å². The summed E-state index contributed by atoms with van der Waals surface area (Å²) < 4.78 is 5.08. The molecule has 1 atom stereocenters. The van der Waals surface area contributed by atoms with Crippen LogP contribution in [0, 0.1) is 0 Å². The van der Waals surface area contributed by atoms with E-state index in [9.17, 15) is 4.79 Å². The fraction of sp³-hybridized carbons (Fsp3) is 0.222. The Bertz CT molecular complexity index is 354. The largest absolute Gasteiger partial charge is 0.479 e. The van der Waals surface area contributed by atoms with Gasteiger partial charge in [0.05, 0.1) is 5.02 Å². The van der Waals surface area contributed by atoms with Crippen LogP contribution in [0.15, 0.2) is 18.2 Å². The molecule has 0 aliphatic carbocycles. The van der Waals surface area contributed by atoms with Crippen LogP contribution in [-0.4, -0.2) is 17.2 Å². The Morgan fingerprint density at radius 1 is 1.64 bits per heavy atom. The molecule has 76 valence electrons. The second-order valence-electron chi connectivity index (χ2n) is 2.79. The lowest BCUT2D eigenvalue weighted by atomic mass is 10.3. The van der Waals surface area contributed by atoms with Crippen molar-refractivity contribution in [1.29, 1.82) is 0 Å². The molecule has 0 bridgehead atoms. The molecular weight excluding hydrogens is 206 g/mol. The fourth-order valence-corrected chi connectivity index (χ4v) is 1.01. The molecule has 1 rings (SSSR count). The summed E-state index contributed by atoms with van der Waals surface area (Å²) in [5, 5.41) is 8.94. The summed E-state index contributed by atoms with van der Waals surface area (Å²) in [6, 6.07) is 4.66. The minimum absolute atomic E-state index is 0.279. The van der Waals surface area contributed by atoms with Crippen molar-refractivity contribution >= 4 is 23.3 Å². The molecule has 5 heteroatoms. The van der Waals surface area contributed by atoms with Crippen molar-refractivity contribution < 1.29 is 14.6 Å². The highest BCUT2D eigenvalue weighted by Crippen LogP contribution is 2.27. The highest BCUT2D eigenvalue weighted by Gasteiger charge is 2.14. The molecule has 0 fully saturated rings. The van der Waals surface area contributed by atoms with E-state index < -0.39 is 12.1 Å². The maximum atomic E-state index is 10.5. The van der Waals surface area contributed by atoms with Gasteiger partial charge in [-0.15, -0.1) is 0 Å². The van der Waals surface area contributed by atoms with Crippen molar-refractivity contribution in [2.45, 2.75) is 13.0 Å². The number of carboxylic acid groups (broad SMARTS) is 1. The zero-order chi connectivity index (χ0) is 10.7. The Hall–Kier alpha value is -1.42. The van der Waals surface area contributed by atoms with Gasteiger partial charge in [-0.1, -0.05) is 11.6 Å². The number of nitrogen functional groups attached to an aromatic ring is 1. The van der Waals surface area contributed by atoms with Gasteiger partial charge >= 0.3 is 5.97 Å². The number of ether oxygens (including phenoxy) is 1. The second kappa shape index (κ2) is 4.19. The first kappa shape index (κ1) is 10.7. The smallest absolute Gasteiger partial charge is 0.344 e. The first-order valence-electron chi connectivity index (χ1n) is 3.95. The van der Waals surface area contributed by atoms with E-state index >= 15 is 0 Å². The van der Waals surface area contributed by atoms with Crippen molar-refractivity contribution in [1.82, 2.24) is 0 Å². The topological polar surface area (TPSA) is 72.5 Å². The van der Waals surface area contributed by atoms with Gasteiger partial charge in [-0.3, -0.25) is 0 Å². The highest BCUT2D eigenvalue weighted by molar-refractivity contribution is 6.32. The van der Waals surface area contributed by atoms with Gasteiger partial charge in [0.2, 0.25) is 0 Å². The predicted molar refractivity (Wildman–Crippen MR) is 53.6 cm³/mol. The normalized spacial score (nSPS) is 12.1. The summed E-state index contributed by atoms with van der Waals surface area (Å²) >= 11 is 5.77. The molecule has 0 spiro atoms. The quantitative estimate of drug-likeness (QED) is 0.754. The lowest BCUT2D eigenvalue weighted by molar-refractivity contribution is -0.144. The molecule has 14 heavy (non-hydrogen) atoms. The third-order valence-corrected chi connectivity index (χ3v) is 1.92. The Morgan fingerprint density at radius 2 is 2.29 bits per heavy atom. The number of rotatable bonds is 3. The van der Waals surface area contributed by atoms with Crippen LogP contribution in [0.1, 0.15) is 6.92 Å². The standard InChI is InChI=1S/C9H10ClNO3/c1-5(9(12)13)14-8-4-6(11)2-3-7(8)10/h2-5H,11H2,1H3,(H,12,13)/t5-/m1/s1. The Morgan fingerprint density at radius 3 is 2.86 bits per heavy atom. The summed E-state index contributed by atoms with van der Waals surface area (Å²) in [6.07, 6.45) is -0.950. The zero-order valence-electron chi connectivity index (χ0n) is 7.53. The molecule has 1 aromatic rings. The molecule has 4 nitrogen and oxygen atoms in total. The van der Waals surface area contributed by atoms with Gasteiger partial charge in [0.15, 0.2) is 6.10 Å². The Kier molecular flexibility index (Phi) is 3.19.